The minimum Gasteiger partial charge on any atom is -0.457 e. The summed E-state index contributed by atoms with van der Waals surface area (Å²) >= 11 is 6.00. The van der Waals surface area contributed by atoms with Crippen LogP contribution in [0.3, 0.4) is 0 Å². The van der Waals surface area contributed by atoms with Gasteiger partial charge in [-0.25, -0.2) is 0 Å². The third kappa shape index (κ3) is 4.22. The lowest BCUT2D eigenvalue weighted by molar-refractivity contribution is 0.476. The molecule has 1 aromatic carbocycles. The molecule has 0 radical (unpaired) electrons. The summed E-state index contributed by atoms with van der Waals surface area (Å²) < 4.78 is 5.89. The Labute approximate surface area is 124 Å². The molecule has 1 heterocycles. The quantitative estimate of drug-likeness (QED) is 0.890. The van der Waals surface area contributed by atoms with Gasteiger partial charge in [-0.2, -0.15) is 0 Å². The first-order valence-corrected chi connectivity index (χ1v) is 7.04. The average molecular weight is 291 g/mol. The Morgan fingerprint density at radius 3 is 2.80 bits per heavy atom. The third-order valence-electron chi connectivity index (χ3n) is 2.86. The molecule has 0 aliphatic rings. The second kappa shape index (κ2) is 6.73. The normalized spacial score (nSPS) is 10.8. The van der Waals surface area contributed by atoms with E-state index < -0.39 is 0 Å². The minimum absolute atomic E-state index is 0.427. The molecule has 106 valence electrons. The maximum Gasteiger partial charge on any atom is 0.131 e. The van der Waals surface area contributed by atoms with Crippen LogP contribution in [0, 0.1) is 6.92 Å². The highest BCUT2D eigenvalue weighted by Gasteiger charge is 2.04. The lowest BCUT2D eigenvalue weighted by Gasteiger charge is -2.11. The number of aromatic nitrogens is 1. The van der Waals surface area contributed by atoms with Crippen LogP contribution in [0.2, 0.25) is 5.02 Å². The van der Waals surface area contributed by atoms with Crippen molar-refractivity contribution in [2.24, 2.45) is 0 Å². The van der Waals surface area contributed by atoms with Gasteiger partial charge >= 0.3 is 0 Å². The van der Waals surface area contributed by atoms with Gasteiger partial charge in [-0.1, -0.05) is 31.5 Å². The monoisotopic (exact) mass is 290 g/mol. The third-order valence-corrected chi connectivity index (χ3v) is 3.09. The standard InChI is InChI=1S/C16H19ClN2O/c1-11(2)19-10-14-9-15(6-7-18-14)20-16-8-13(17)5-4-12(16)3/h4-9,11,19H,10H2,1-3H3. The SMILES string of the molecule is Cc1ccc(Cl)cc1Oc1ccnc(CNC(C)C)c1. The van der Waals surface area contributed by atoms with Crippen LogP contribution in [-0.4, -0.2) is 11.0 Å². The maximum absolute atomic E-state index is 6.00. The molecule has 2 aromatic rings. The fraction of sp³-hybridized carbons (Fsp3) is 0.312. The highest BCUT2D eigenvalue weighted by Crippen LogP contribution is 2.27. The van der Waals surface area contributed by atoms with Crippen LogP contribution < -0.4 is 10.1 Å². The summed E-state index contributed by atoms with van der Waals surface area (Å²) in [4.78, 5) is 4.32. The van der Waals surface area contributed by atoms with E-state index in [9.17, 15) is 0 Å². The summed E-state index contributed by atoms with van der Waals surface area (Å²) in [7, 11) is 0. The van der Waals surface area contributed by atoms with Crippen molar-refractivity contribution >= 4 is 11.6 Å². The molecular formula is C16H19ClN2O. The van der Waals surface area contributed by atoms with Crippen molar-refractivity contribution in [2.75, 3.05) is 0 Å². The zero-order valence-corrected chi connectivity index (χ0v) is 12.7. The van der Waals surface area contributed by atoms with E-state index in [1.54, 1.807) is 6.20 Å². The molecule has 4 heteroatoms. The molecule has 0 aliphatic carbocycles. The second-order valence-corrected chi connectivity index (χ2v) is 5.47. The van der Waals surface area contributed by atoms with E-state index in [4.69, 9.17) is 16.3 Å². The van der Waals surface area contributed by atoms with Crippen molar-refractivity contribution in [3.05, 3.63) is 52.8 Å². The van der Waals surface area contributed by atoms with Crippen molar-refractivity contribution in [1.82, 2.24) is 10.3 Å². The molecule has 0 saturated carbocycles. The topological polar surface area (TPSA) is 34.1 Å². The Balaban J connectivity index is 2.13. The van der Waals surface area contributed by atoms with Crippen molar-refractivity contribution in [3.8, 4) is 11.5 Å². The van der Waals surface area contributed by atoms with Gasteiger partial charge in [0.05, 0.1) is 5.69 Å². The number of nitrogens with zero attached hydrogens (tertiary/aromatic N) is 1. The van der Waals surface area contributed by atoms with Gasteiger partial charge in [-0.15, -0.1) is 0 Å². The molecular weight excluding hydrogens is 272 g/mol. The van der Waals surface area contributed by atoms with Crippen LogP contribution in [-0.2, 0) is 6.54 Å². The highest BCUT2D eigenvalue weighted by molar-refractivity contribution is 6.30. The van der Waals surface area contributed by atoms with Gasteiger partial charge in [0.15, 0.2) is 0 Å². The van der Waals surface area contributed by atoms with E-state index in [0.29, 0.717) is 11.1 Å². The van der Waals surface area contributed by atoms with Gasteiger partial charge in [0.1, 0.15) is 11.5 Å². The summed E-state index contributed by atoms with van der Waals surface area (Å²) in [5.41, 5.74) is 2.00. The number of hydrogen-bond donors (Lipinski definition) is 1. The molecule has 0 spiro atoms. The predicted molar refractivity (Wildman–Crippen MR) is 82.5 cm³/mol. The Morgan fingerprint density at radius 2 is 2.05 bits per heavy atom. The molecule has 1 aromatic heterocycles. The average Bonchev–Trinajstić information content (AvgIpc) is 2.41. The van der Waals surface area contributed by atoms with Crippen LogP contribution in [0.25, 0.3) is 0 Å². The van der Waals surface area contributed by atoms with Crippen molar-refractivity contribution < 1.29 is 4.74 Å². The first kappa shape index (κ1) is 14.8. The number of hydrogen-bond acceptors (Lipinski definition) is 3. The smallest absolute Gasteiger partial charge is 0.131 e. The predicted octanol–water partition coefficient (Wildman–Crippen LogP) is 4.33. The molecule has 0 fully saturated rings. The Morgan fingerprint density at radius 1 is 1.25 bits per heavy atom. The fourth-order valence-electron chi connectivity index (χ4n) is 1.74. The molecule has 0 aliphatic heterocycles. The van der Waals surface area contributed by atoms with Gasteiger partial charge in [0, 0.05) is 29.9 Å². The second-order valence-electron chi connectivity index (χ2n) is 5.03. The van der Waals surface area contributed by atoms with E-state index in [2.05, 4.69) is 24.1 Å². The summed E-state index contributed by atoms with van der Waals surface area (Å²) in [6, 6.07) is 9.84. The number of pyridine rings is 1. The molecule has 3 nitrogen and oxygen atoms in total. The molecule has 0 bridgehead atoms. The highest BCUT2D eigenvalue weighted by atomic mass is 35.5. The number of aryl methyl sites for hydroxylation is 1. The van der Waals surface area contributed by atoms with Gasteiger partial charge in [-0.3, -0.25) is 4.98 Å². The van der Waals surface area contributed by atoms with Crippen molar-refractivity contribution in [1.29, 1.82) is 0 Å². The molecule has 0 saturated heterocycles. The maximum atomic E-state index is 6.00. The van der Waals surface area contributed by atoms with Gasteiger partial charge in [0.2, 0.25) is 0 Å². The molecule has 0 atom stereocenters. The number of nitrogens with one attached hydrogen (secondary N) is 1. The van der Waals surface area contributed by atoms with Gasteiger partial charge in [0.25, 0.3) is 0 Å². The molecule has 0 amide bonds. The van der Waals surface area contributed by atoms with Crippen LogP contribution >= 0.6 is 11.6 Å². The van der Waals surface area contributed by atoms with Gasteiger partial charge in [-0.05, 0) is 30.7 Å². The fourth-order valence-corrected chi connectivity index (χ4v) is 1.90. The van der Waals surface area contributed by atoms with E-state index in [1.807, 2.05) is 37.3 Å². The lowest BCUT2D eigenvalue weighted by Crippen LogP contribution is -2.22. The van der Waals surface area contributed by atoms with Crippen LogP contribution in [0.1, 0.15) is 25.1 Å². The van der Waals surface area contributed by atoms with E-state index in [1.165, 1.54) is 0 Å². The number of ether oxygens (including phenoxy) is 1. The number of rotatable bonds is 5. The number of halogens is 1. The largest absolute Gasteiger partial charge is 0.457 e. The molecule has 1 N–H and O–H groups in total. The van der Waals surface area contributed by atoms with Crippen molar-refractivity contribution in [3.63, 3.8) is 0 Å². The van der Waals surface area contributed by atoms with Crippen LogP contribution in [0.5, 0.6) is 11.5 Å². The summed E-state index contributed by atoms with van der Waals surface area (Å²) in [5, 5.41) is 4.00. The zero-order valence-electron chi connectivity index (χ0n) is 12.0. The number of benzene rings is 1. The summed E-state index contributed by atoms with van der Waals surface area (Å²) in [6.07, 6.45) is 1.76. The Bertz CT molecular complexity index is 584. The van der Waals surface area contributed by atoms with E-state index in [-0.39, 0.29) is 0 Å². The van der Waals surface area contributed by atoms with E-state index >= 15 is 0 Å². The Kier molecular flexibility index (Phi) is 4.99. The van der Waals surface area contributed by atoms with E-state index in [0.717, 1.165) is 29.3 Å². The summed E-state index contributed by atoms with van der Waals surface area (Å²) in [6.45, 7) is 6.93. The van der Waals surface area contributed by atoms with Crippen molar-refractivity contribution in [2.45, 2.75) is 33.4 Å². The van der Waals surface area contributed by atoms with Crippen LogP contribution in [0.4, 0.5) is 0 Å². The molecule has 0 unspecified atom stereocenters. The minimum atomic E-state index is 0.427. The van der Waals surface area contributed by atoms with Crippen LogP contribution in [0.15, 0.2) is 36.5 Å². The summed E-state index contributed by atoms with van der Waals surface area (Å²) in [5.74, 6) is 1.54. The first-order chi connectivity index (χ1) is 9.54. The molecule has 20 heavy (non-hydrogen) atoms. The Hall–Kier alpha value is -1.58. The first-order valence-electron chi connectivity index (χ1n) is 6.67. The van der Waals surface area contributed by atoms with Gasteiger partial charge < -0.3 is 10.1 Å². The molecule has 2 rings (SSSR count). The lowest BCUT2D eigenvalue weighted by atomic mass is 10.2. The zero-order chi connectivity index (χ0) is 14.5.